The highest BCUT2D eigenvalue weighted by Crippen LogP contribution is 2.36. The molecule has 1 saturated heterocycles. The van der Waals surface area contributed by atoms with Gasteiger partial charge < -0.3 is 10.0 Å². The number of carboxylic acid groups (broad SMARTS) is 1. The molecule has 1 aromatic rings. The summed E-state index contributed by atoms with van der Waals surface area (Å²) >= 11 is 2.03. The maximum Gasteiger partial charge on any atom is 0.335 e. The lowest BCUT2D eigenvalue weighted by Gasteiger charge is -2.43. The molecule has 21 heavy (non-hydrogen) atoms. The van der Waals surface area contributed by atoms with Crippen LogP contribution in [-0.4, -0.2) is 47.1 Å². The standard InChI is InChI=1S/C17H25NO2S/c1-17(2)9-11-21-12-15(17)18(3)10-8-13-6-4-5-7-14(13)16(19)20/h4-7,15H,8-12H2,1-3H3,(H,19,20). The van der Waals surface area contributed by atoms with Crippen molar-refractivity contribution >= 4 is 17.7 Å². The van der Waals surface area contributed by atoms with Crippen LogP contribution < -0.4 is 0 Å². The Hall–Kier alpha value is -1.00. The number of thioether (sulfide) groups is 1. The van der Waals surface area contributed by atoms with Crippen LogP contribution in [0.1, 0.15) is 36.2 Å². The number of aromatic carboxylic acids is 1. The molecule has 0 radical (unpaired) electrons. The number of likely N-dealkylation sites (N-methyl/N-ethyl adjacent to an activating group) is 1. The number of hydrogen-bond acceptors (Lipinski definition) is 3. The molecule has 0 bridgehead atoms. The van der Waals surface area contributed by atoms with Gasteiger partial charge in [0.15, 0.2) is 0 Å². The smallest absolute Gasteiger partial charge is 0.335 e. The van der Waals surface area contributed by atoms with Gasteiger partial charge in [-0.2, -0.15) is 11.8 Å². The first-order chi connectivity index (χ1) is 9.92. The molecule has 3 nitrogen and oxygen atoms in total. The van der Waals surface area contributed by atoms with Crippen LogP contribution in [0, 0.1) is 5.41 Å². The number of rotatable bonds is 5. The van der Waals surface area contributed by atoms with E-state index in [-0.39, 0.29) is 0 Å². The van der Waals surface area contributed by atoms with E-state index < -0.39 is 5.97 Å². The van der Waals surface area contributed by atoms with Gasteiger partial charge >= 0.3 is 5.97 Å². The Morgan fingerprint density at radius 2 is 2.14 bits per heavy atom. The van der Waals surface area contributed by atoms with Crippen LogP contribution in [0.15, 0.2) is 24.3 Å². The molecule has 0 amide bonds. The molecule has 1 atom stereocenters. The van der Waals surface area contributed by atoms with Gasteiger partial charge in [-0.3, -0.25) is 0 Å². The zero-order valence-electron chi connectivity index (χ0n) is 13.1. The lowest BCUT2D eigenvalue weighted by atomic mass is 9.81. The molecule has 116 valence electrons. The first-order valence-electron chi connectivity index (χ1n) is 7.51. The summed E-state index contributed by atoms with van der Waals surface area (Å²) in [7, 11) is 2.17. The van der Waals surface area contributed by atoms with Gasteiger partial charge in [-0.15, -0.1) is 0 Å². The Balaban J connectivity index is 2.01. The fraction of sp³-hybridized carbons (Fsp3) is 0.588. The Morgan fingerprint density at radius 3 is 2.81 bits per heavy atom. The summed E-state index contributed by atoms with van der Waals surface area (Å²) in [5.74, 6) is 1.59. The number of nitrogens with zero attached hydrogens (tertiary/aromatic N) is 1. The van der Waals surface area contributed by atoms with E-state index in [0.717, 1.165) is 18.5 Å². The van der Waals surface area contributed by atoms with Crippen molar-refractivity contribution in [3.8, 4) is 0 Å². The third-order valence-corrected chi connectivity index (χ3v) is 5.63. The highest BCUT2D eigenvalue weighted by molar-refractivity contribution is 7.99. The molecule has 1 aromatic carbocycles. The maximum atomic E-state index is 11.3. The number of benzene rings is 1. The average molecular weight is 307 g/mol. The maximum absolute atomic E-state index is 11.3. The second kappa shape index (κ2) is 6.84. The van der Waals surface area contributed by atoms with Gasteiger partial charge in [-0.1, -0.05) is 32.0 Å². The van der Waals surface area contributed by atoms with Crippen molar-refractivity contribution in [1.29, 1.82) is 0 Å². The average Bonchev–Trinajstić information content (AvgIpc) is 2.44. The Kier molecular flexibility index (Phi) is 5.33. The first-order valence-corrected chi connectivity index (χ1v) is 8.66. The lowest BCUT2D eigenvalue weighted by Crippen LogP contribution is -2.48. The number of carbonyl (C=O) groups is 1. The molecular formula is C17H25NO2S. The summed E-state index contributed by atoms with van der Waals surface area (Å²) in [6.45, 7) is 5.59. The zero-order chi connectivity index (χ0) is 15.5. The minimum Gasteiger partial charge on any atom is -0.478 e. The van der Waals surface area contributed by atoms with E-state index in [1.807, 2.05) is 23.9 Å². The molecule has 1 heterocycles. The molecule has 0 aromatic heterocycles. The molecule has 4 heteroatoms. The van der Waals surface area contributed by atoms with E-state index in [2.05, 4.69) is 25.8 Å². The predicted molar refractivity (Wildman–Crippen MR) is 89.2 cm³/mol. The highest BCUT2D eigenvalue weighted by Gasteiger charge is 2.34. The molecular weight excluding hydrogens is 282 g/mol. The summed E-state index contributed by atoms with van der Waals surface area (Å²) in [6.07, 6.45) is 2.04. The van der Waals surface area contributed by atoms with Crippen molar-refractivity contribution in [2.75, 3.05) is 25.1 Å². The van der Waals surface area contributed by atoms with E-state index in [1.165, 1.54) is 17.9 Å². The minimum atomic E-state index is -0.832. The van der Waals surface area contributed by atoms with Gasteiger partial charge in [0.2, 0.25) is 0 Å². The predicted octanol–water partition coefficient (Wildman–Crippen LogP) is 3.39. The van der Waals surface area contributed by atoms with Crippen molar-refractivity contribution in [2.24, 2.45) is 5.41 Å². The van der Waals surface area contributed by atoms with Crippen molar-refractivity contribution in [3.05, 3.63) is 35.4 Å². The number of hydrogen-bond donors (Lipinski definition) is 1. The van der Waals surface area contributed by atoms with Gasteiger partial charge in [-0.05, 0) is 42.7 Å². The zero-order valence-corrected chi connectivity index (χ0v) is 13.9. The molecule has 1 fully saturated rings. The number of carboxylic acids is 1. The Labute approximate surface area is 131 Å². The van der Waals surface area contributed by atoms with Gasteiger partial charge in [0.1, 0.15) is 0 Å². The summed E-state index contributed by atoms with van der Waals surface area (Å²) in [6, 6.07) is 7.89. The molecule has 1 aliphatic rings. The second-order valence-corrected chi connectivity index (χ2v) is 7.67. The summed E-state index contributed by atoms with van der Waals surface area (Å²) in [5, 5.41) is 9.25. The molecule has 1 unspecified atom stereocenters. The molecule has 1 aliphatic heterocycles. The van der Waals surface area contributed by atoms with Gasteiger partial charge in [0.25, 0.3) is 0 Å². The SMILES string of the molecule is CN(CCc1ccccc1C(=O)O)C1CSCCC1(C)C. The normalized spacial score (nSPS) is 21.4. The quantitative estimate of drug-likeness (QED) is 0.905. The molecule has 1 N–H and O–H groups in total. The third-order valence-electron chi connectivity index (χ3n) is 4.58. The third kappa shape index (κ3) is 4.01. The highest BCUT2D eigenvalue weighted by atomic mass is 32.2. The van der Waals surface area contributed by atoms with Crippen LogP contribution in [-0.2, 0) is 6.42 Å². The van der Waals surface area contributed by atoms with Crippen molar-refractivity contribution < 1.29 is 9.90 Å². The van der Waals surface area contributed by atoms with Crippen LogP contribution in [0.25, 0.3) is 0 Å². The second-order valence-electron chi connectivity index (χ2n) is 6.52. The van der Waals surface area contributed by atoms with E-state index in [4.69, 9.17) is 0 Å². The van der Waals surface area contributed by atoms with E-state index in [0.29, 0.717) is 17.0 Å². The largest absolute Gasteiger partial charge is 0.478 e. The van der Waals surface area contributed by atoms with Gasteiger partial charge in [0.05, 0.1) is 5.56 Å². The Morgan fingerprint density at radius 1 is 1.43 bits per heavy atom. The monoisotopic (exact) mass is 307 g/mol. The molecule has 2 rings (SSSR count). The van der Waals surface area contributed by atoms with Gasteiger partial charge in [-0.25, -0.2) is 4.79 Å². The Bertz CT molecular complexity index is 501. The molecule has 0 aliphatic carbocycles. The minimum absolute atomic E-state index is 0.340. The lowest BCUT2D eigenvalue weighted by molar-refractivity contribution is 0.0695. The van der Waals surface area contributed by atoms with E-state index >= 15 is 0 Å². The first kappa shape index (κ1) is 16.4. The van der Waals surface area contributed by atoms with Crippen LogP contribution >= 0.6 is 11.8 Å². The fourth-order valence-corrected chi connectivity index (χ4v) is 4.81. The van der Waals surface area contributed by atoms with Crippen LogP contribution in [0.3, 0.4) is 0 Å². The van der Waals surface area contributed by atoms with Crippen LogP contribution in [0.4, 0.5) is 0 Å². The molecule has 0 spiro atoms. The van der Waals surface area contributed by atoms with Crippen molar-refractivity contribution in [2.45, 2.75) is 32.7 Å². The summed E-state index contributed by atoms with van der Waals surface area (Å²) in [5.41, 5.74) is 1.70. The van der Waals surface area contributed by atoms with Crippen molar-refractivity contribution in [1.82, 2.24) is 4.90 Å². The van der Waals surface area contributed by atoms with Crippen LogP contribution in [0.2, 0.25) is 0 Å². The van der Waals surface area contributed by atoms with Crippen molar-refractivity contribution in [3.63, 3.8) is 0 Å². The topological polar surface area (TPSA) is 40.5 Å². The van der Waals surface area contributed by atoms with Crippen LogP contribution in [0.5, 0.6) is 0 Å². The fourth-order valence-electron chi connectivity index (χ4n) is 3.05. The van der Waals surface area contributed by atoms with E-state index in [9.17, 15) is 9.90 Å². The summed E-state index contributed by atoms with van der Waals surface area (Å²) in [4.78, 5) is 13.7. The van der Waals surface area contributed by atoms with Gasteiger partial charge in [0, 0.05) is 18.3 Å². The van der Waals surface area contributed by atoms with E-state index in [1.54, 1.807) is 12.1 Å². The summed E-state index contributed by atoms with van der Waals surface area (Å²) < 4.78 is 0. The molecule has 0 saturated carbocycles.